The lowest BCUT2D eigenvalue weighted by Crippen LogP contribution is -2.33. The summed E-state index contributed by atoms with van der Waals surface area (Å²) >= 11 is 1.57. The highest BCUT2D eigenvalue weighted by molar-refractivity contribution is 7.99. The molecule has 0 spiro atoms. The highest BCUT2D eigenvalue weighted by atomic mass is 32.2. The van der Waals surface area contributed by atoms with Crippen LogP contribution in [0, 0.1) is 5.82 Å². The van der Waals surface area contributed by atoms with Crippen LogP contribution in [0.1, 0.15) is 16.5 Å². The topological polar surface area (TPSA) is 58.6 Å². The smallest absolute Gasteiger partial charge is 0.321 e. The SMILES string of the molecule is O=C(O)C1CSC(c2cccc(OCc3ccc(F)cc3)c2)N1. The van der Waals surface area contributed by atoms with Crippen LogP contribution in [0.5, 0.6) is 5.75 Å². The van der Waals surface area contributed by atoms with Gasteiger partial charge in [-0.25, -0.2) is 4.39 Å². The molecule has 2 unspecified atom stereocenters. The Balaban J connectivity index is 1.63. The third kappa shape index (κ3) is 4.03. The average Bonchev–Trinajstić information content (AvgIpc) is 3.05. The van der Waals surface area contributed by atoms with Crippen molar-refractivity contribution in [3.8, 4) is 5.75 Å². The fraction of sp³-hybridized carbons (Fsp3) is 0.235. The van der Waals surface area contributed by atoms with Gasteiger partial charge < -0.3 is 9.84 Å². The maximum Gasteiger partial charge on any atom is 0.321 e. The molecule has 0 aliphatic carbocycles. The number of carboxylic acids is 1. The Bertz CT molecular complexity index is 692. The summed E-state index contributed by atoms with van der Waals surface area (Å²) in [5.74, 6) is 0.144. The molecule has 2 atom stereocenters. The molecule has 1 aliphatic heterocycles. The highest BCUT2D eigenvalue weighted by Crippen LogP contribution is 2.34. The minimum Gasteiger partial charge on any atom is -0.489 e. The number of rotatable bonds is 5. The molecule has 120 valence electrons. The standard InChI is InChI=1S/C17H16FNO3S/c18-13-6-4-11(5-7-13)9-22-14-3-1-2-12(8-14)16-19-15(10-23-16)17(20)21/h1-8,15-16,19H,9-10H2,(H,20,21). The van der Waals surface area contributed by atoms with Crippen LogP contribution < -0.4 is 10.1 Å². The Labute approximate surface area is 137 Å². The molecular weight excluding hydrogens is 317 g/mol. The largest absolute Gasteiger partial charge is 0.489 e. The van der Waals surface area contributed by atoms with Crippen molar-refractivity contribution < 1.29 is 19.0 Å². The van der Waals surface area contributed by atoms with Gasteiger partial charge in [0.15, 0.2) is 0 Å². The summed E-state index contributed by atoms with van der Waals surface area (Å²) in [6, 6.07) is 13.2. The minimum atomic E-state index is -0.830. The van der Waals surface area contributed by atoms with E-state index >= 15 is 0 Å². The molecule has 0 radical (unpaired) electrons. The summed E-state index contributed by atoms with van der Waals surface area (Å²) in [7, 11) is 0. The monoisotopic (exact) mass is 333 g/mol. The van der Waals surface area contributed by atoms with Gasteiger partial charge in [0.2, 0.25) is 0 Å². The predicted octanol–water partition coefficient (Wildman–Crippen LogP) is 3.19. The van der Waals surface area contributed by atoms with Crippen LogP contribution in [0.2, 0.25) is 0 Å². The van der Waals surface area contributed by atoms with E-state index in [9.17, 15) is 9.18 Å². The van der Waals surface area contributed by atoms with Crippen molar-refractivity contribution in [3.63, 3.8) is 0 Å². The van der Waals surface area contributed by atoms with E-state index in [1.807, 2.05) is 24.3 Å². The zero-order valence-electron chi connectivity index (χ0n) is 12.2. The van der Waals surface area contributed by atoms with E-state index in [0.717, 1.165) is 11.1 Å². The number of aliphatic carboxylic acids is 1. The number of hydrogen-bond acceptors (Lipinski definition) is 4. The van der Waals surface area contributed by atoms with Gasteiger partial charge in [0.25, 0.3) is 0 Å². The molecule has 2 N–H and O–H groups in total. The van der Waals surface area contributed by atoms with E-state index in [4.69, 9.17) is 9.84 Å². The van der Waals surface area contributed by atoms with Gasteiger partial charge in [0.05, 0.1) is 5.37 Å². The quantitative estimate of drug-likeness (QED) is 0.880. The van der Waals surface area contributed by atoms with Crippen LogP contribution in [0.3, 0.4) is 0 Å². The minimum absolute atomic E-state index is 0.0505. The van der Waals surface area contributed by atoms with Crippen LogP contribution in [0.15, 0.2) is 48.5 Å². The molecule has 3 rings (SSSR count). The zero-order chi connectivity index (χ0) is 16.2. The Hall–Kier alpha value is -2.05. The lowest BCUT2D eigenvalue weighted by molar-refractivity contribution is -0.138. The molecule has 0 bridgehead atoms. The van der Waals surface area contributed by atoms with Crippen molar-refractivity contribution in [1.29, 1.82) is 0 Å². The number of halogens is 1. The molecule has 2 aromatic rings. The predicted molar refractivity (Wildman–Crippen MR) is 86.9 cm³/mol. The molecule has 0 amide bonds. The normalized spacial score (nSPS) is 20.4. The molecule has 1 heterocycles. The Morgan fingerprint density at radius 3 is 2.78 bits per heavy atom. The average molecular weight is 333 g/mol. The van der Waals surface area contributed by atoms with Crippen LogP contribution in [-0.4, -0.2) is 22.9 Å². The lowest BCUT2D eigenvalue weighted by Gasteiger charge is -2.13. The summed E-state index contributed by atoms with van der Waals surface area (Å²) in [5.41, 5.74) is 1.87. The van der Waals surface area contributed by atoms with E-state index in [0.29, 0.717) is 18.1 Å². The second-order valence-corrected chi connectivity index (χ2v) is 6.40. The Morgan fingerprint density at radius 1 is 1.30 bits per heavy atom. The van der Waals surface area contributed by atoms with E-state index in [2.05, 4.69) is 5.32 Å². The number of hydrogen-bond donors (Lipinski definition) is 2. The van der Waals surface area contributed by atoms with Crippen LogP contribution in [-0.2, 0) is 11.4 Å². The molecule has 2 aromatic carbocycles. The second kappa shape index (κ2) is 7.02. The van der Waals surface area contributed by atoms with E-state index in [1.165, 1.54) is 12.1 Å². The first-order chi connectivity index (χ1) is 11.1. The molecule has 1 fully saturated rings. The molecule has 6 heteroatoms. The maximum absolute atomic E-state index is 12.9. The van der Waals surface area contributed by atoms with E-state index in [-0.39, 0.29) is 11.2 Å². The number of benzene rings is 2. The third-order valence-corrected chi connectivity index (χ3v) is 4.83. The van der Waals surface area contributed by atoms with Crippen LogP contribution in [0.25, 0.3) is 0 Å². The Kier molecular flexibility index (Phi) is 4.83. The first kappa shape index (κ1) is 15.8. The van der Waals surface area contributed by atoms with Crippen molar-refractivity contribution in [2.75, 3.05) is 5.75 Å². The fourth-order valence-electron chi connectivity index (χ4n) is 2.32. The highest BCUT2D eigenvalue weighted by Gasteiger charge is 2.30. The van der Waals surface area contributed by atoms with Gasteiger partial charge in [-0.15, -0.1) is 11.8 Å². The van der Waals surface area contributed by atoms with Gasteiger partial charge in [0.1, 0.15) is 24.2 Å². The first-order valence-corrected chi connectivity index (χ1v) is 8.24. The van der Waals surface area contributed by atoms with Crippen molar-refractivity contribution in [2.24, 2.45) is 0 Å². The van der Waals surface area contributed by atoms with E-state index in [1.54, 1.807) is 23.9 Å². The Morgan fingerprint density at radius 2 is 2.09 bits per heavy atom. The summed E-state index contributed by atoms with van der Waals surface area (Å²) in [6.07, 6.45) is 0. The molecule has 0 aromatic heterocycles. The number of thioether (sulfide) groups is 1. The summed E-state index contributed by atoms with van der Waals surface area (Å²) < 4.78 is 18.6. The van der Waals surface area contributed by atoms with Crippen LogP contribution >= 0.6 is 11.8 Å². The number of nitrogens with one attached hydrogen (secondary N) is 1. The third-order valence-electron chi connectivity index (χ3n) is 3.56. The fourth-order valence-corrected chi connectivity index (χ4v) is 3.54. The number of ether oxygens (including phenoxy) is 1. The molecular formula is C17H16FNO3S. The second-order valence-electron chi connectivity index (χ2n) is 5.26. The number of carbonyl (C=O) groups is 1. The summed E-state index contributed by atoms with van der Waals surface area (Å²) in [5, 5.41) is 12.1. The molecule has 1 saturated heterocycles. The van der Waals surface area contributed by atoms with Gasteiger partial charge in [-0.2, -0.15) is 0 Å². The number of carboxylic acid groups (broad SMARTS) is 1. The molecule has 1 aliphatic rings. The molecule has 0 saturated carbocycles. The van der Waals surface area contributed by atoms with Crippen molar-refractivity contribution in [2.45, 2.75) is 18.0 Å². The zero-order valence-corrected chi connectivity index (χ0v) is 13.1. The van der Waals surface area contributed by atoms with Gasteiger partial charge >= 0.3 is 5.97 Å². The van der Waals surface area contributed by atoms with E-state index < -0.39 is 12.0 Å². The maximum atomic E-state index is 12.9. The van der Waals surface area contributed by atoms with Gasteiger partial charge in [-0.1, -0.05) is 24.3 Å². The lowest BCUT2D eigenvalue weighted by atomic mass is 10.2. The van der Waals surface area contributed by atoms with Crippen molar-refractivity contribution in [3.05, 3.63) is 65.5 Å². The molecule has 4 nitrogen and oxygen atoms in total. The summed E-state index contributed by atoms with van der Waals surface area (Å²) in [6.45, 7) is 0.354. The van der Waals surface area contributed by atoms with Crippen molar-refractivity contribution >= 4 is 17.7 Å². The summed E-state index contributed by atoms with van der Waals surface area (Å²) in [4.78, 5) is 11.0. The molecule has 23 heavy (non-hydrogen) atoms. The first-order valence-electron chi connectivity index (χ1n) is 7.19. The van der Waals surface area contributed by atoms with Gasteiger partial charge in [-0.3, -0.25) is 10.1 Å². The van der Waals surface area contributed by atoms with Crippen LogP contribution in [0.4, 0.5) is 4.39 Å². The van der Waals surface area contributed by atoms with Gasteiger partial charge in [0, 0.05) is 5.75 Å². The van der Waals surface area contributed by atoms with Gasteiger partial charge in [-0.05, 0) is 35.4 Å². The van der Waals surface area contributed by atoms with Crippen molar-refractivity contribution in [1.82, 2.24) is 5.32 Å².